The quantitative estimate of drug-likeness (QED) is 0.862. The third-order valence-electron chi connectivity index (χ3n) is 4.46. The molecule has 23 heavy (non-hydrogen) atoms. The van der Waals surface area contributed by atoms with Gasteiger partial charge in [0.1, 0.15) is 11.5 Å². The Bertz CT molecular complexity index is 699. The first kappa shape index (κ1) is 15.7. The molecule has 1 fully saturated rings. The van der Waals surface area contributed by atoms with Crippen LogP contribution in [-0.2, 0) is 6.54 Å². The molecule has 0 atom stereocenters. The summed E-state index contributed by atoms with van der Waals surface area (Å²) < 4.78 is 5.49. The SMILES string of the molecule is Cc1cc(C(=O)N(C)Cc2ccccc2N2CCCC2)c(C)o1. The standard InChI is InChI=1S/C19H24N2O2/c1-14-12-17(15(2)23-14)19(22)20(3)13-16-8-4-5-9-18(16)21-10-6-7-11-21/h4-5,8-9,12H,6-7,10-11,13H2,1-3H3. The van der Waals surface area contributed by atoms with Crippen molar-refractivity contribution in [3.05, 3.63) is 53.0 Å². The Hall–Kier alpha value is -2.23. The highest BCUT2D eigenvalue weighted by molar-refractivity contribution is 5.95. The summed E-state index contributed by atoms with van der Waals surface area (Å²) >= 11 is 0. The predicted molar refractivity (Wildman–Crippen MR) is 91.9 cm³/mol. The van der Waals surface area contributed by atoms with Crippen LogP contribution in [0.25, 0.3) is 0 Å². The maximum Gasteiger partial charge on any atom is 0.257 e. The van der Waals surface area contributed by atoms with Gasteiger partial charge in [-0.25, -0.2) is 0 Å². The van der Waals surface area contributed by atoms with Crippen molar-refractivity contribution in [3.63, 3.8) is 0 Å². The molecule has 0 N–H and O–H groups in total. The molecule has 1 aromatic heterocycles. The lowest BCUT2D eigenvalue weighted by Crippen LogP contribution is -2.28. The van der Waals surface area contributed by atoms with E-state index < -0.39 is 0 Å². The Morgan fingerprint density at radius 2 is 1.91 bits per heavy atom. The van der Waals surface area contributed by atoms with Crippen LogP contribution in [0.2, 0.25) is 0 Å². The first-order valence-corrected chi connectivity index (χ1v) is 8.21. The topological polar surface area (TPSA) is 36.7 Å². The van der Waals surface area contributed by atoms with Crippen molar-refractivity contribution < 1.29 is 9.21 Å². The highest BCUT2D eigenvalue weighted by atomic mass is 16.3. The summed E-state index contributed by atoms with van der Waals surface area (Å²) in [4.78, 5) is 16.9. The van der Waals surface area contributed by atoms with Crippen LogP contribution in [0.1, 0.15) is 40.3 Å². The molecule has 0 saturated carbocycles. The van der Waals surface area contributed by atoms with Crippen LogP contribution < -0.4 is 4.90 Å². The van der Waals surface area contributed by atoms with E-state index in [1.807, 2.05) is 33.0 Å². The van der Waals surface area contributed by atoms with Crippen molar-refractivity contribution in [3.8, 4) is 0 Å². The summed E-state index contributed by atoms with van der Waals surface area (Å²) in [5, 5.41) is 0. The van der Waals surface area contributed by atoms with Gasteiger partial charge in [-0.1, -0.05) is 18.2 Å². The van der Waals surface area contributed by atoms with Crippen molar-refractivity contribution in [2.75, 3.05) is 25.0 Å². The Kier molecular flexibility index (Phi) is 4.42. The van der Waals surface area contributed by atoms with Crippen LogP contribution >= 0.6 is 0 Å². The molecule has 0 spiro atoms. The van der Waals surface area contributed by atoms with Gasteiger partial charge in [0.25, 0.3) is 5.91 Å². The third kappa shape index (κ3) is 3.26. The van der Waals surface area contributed by atoms with Crippen molar-refractivity contribution >= 4 is 11.6 Å². The zero-order valence-electron chi connectivity index (χ0n) is 14.1. The number of furan rings is 1. The Labute approximate surface area is 137 Å². The first-order chi connectivity index (χ1) is 11.1. The van der Waals surface area contributed by atoms with Crippen LogP contribution in [0, 0.1) is 13.8 Å². The number of benzene rings is 1. The maximum absolute atomic E-state index is 12.7. The van der Waals surface area contributed by atoms with Crippen LogP contribution in [-0.4, -0.2) is 30.9 Å². The van der Waals surface area contributed by atoms with E-state index in [1.54, 1.807) is 4.90 Å². The number of nitrogens with zero attached hydrogens (tertiary/aromatic N) is 2. The minimum atomic E-state index is 0.00979. The molecule has 3 rings (SSSR count). The summed E-state index contributed by atoms with van der Waals surface area (Å²) in [6, 6.07) is 10.2. The van der Waals surface area contributed by atoms with E-state index in [0.717, 1.165) is 18.8 Å². The number of hydrogen-bond acceptors (Lipinski definition) is 3. The fraction of sp³-hybridized carbons (Fsp3) is 0.421. The average molecular weight is 312 g/mol. The summed E-state index contributed by atoms with van der Waals surface area (Å²) in [5.41, 5.74) is 3.11. The van der Waals surface area contributed by atoms with Gasteiger partial charge in [-0.3, -0.25) is 4.79 Å². The van der Waals surface area contributed by atoms with Crippen molar-refractivity contribution in [2.45, 2.75) is 33.2 Å². The van der Waals surface area contributed by atoms with Gasteiger partial charge in [0.15, 0.2) is 0 Å². The second kappa shape index (κ2) is 6.49. The van der Waals surface area contributed by atoms with E-state index in [1.165, 1.54) is 24.1 Å². The van der Waals surface area contributed by atoms with Gasteiger partial charge < -0.3 is 14.2 Å². The van der Waals surface area contributed by atoms with Gasteiger partial charge in [0, 0.05) is 32.4 Å². The molecule has 122 valence electrons. The average Bonchev–Trinajstić information content (AvgIpc) is 3.16. The van der Waals surface area contributed by atoms with E-state index >= 15 is 0 Å². The van der Waals surface area contributed by atoms with E-state index in [0.29, 0.717) is 17.9 Å². The zero-order chi connectivity index (χ0) is 16.4. The highest BCUT2D eigenvalue weighted by Gasteiger charge is 2.20. The van der Waals surface area contributed by atoms with Gasteiger partial charge in [0.05, 0.1) is 5.56 Å². The lowest BCUT2D eigenvalue weighted by atomic mass is 10.1. The third-order valence-corrected chi connectivity index (χ3v) is 4.46. The summed E-state index contributed by atoms with van der Waals surface area (Å²) in [6.45, 7) is 6.53. The monoisotopic (exact) mass is 312 g/mol. The molecule has 1 amide bonds. The molecule has 4 nitrogen and oxygen atoms in total. The van der Waals surface area contributed by atoms with Gasteiger partial charge in [-0.2, -0.15) is 0 Å². The van der Waals surface area contributed by atoms with Crippen molar-refractivity contribution in [2.24, 2.45) is 0 Å². The van der Waals surface area contributed by atoms with Gasteiger partial charge in [-0.05, 0) is 44.4 Å². The molecular formula is C19H24N2O2. The molecule has 1 aliphatic heterocycles. The lowest BCUT2D eigenvalue weighted by Gasteiger charge is -2.24. The second-order valence-electron chi connectivity index (χ2n) is 6.31. The number of hydrogen-bond donors (Lipinski definition) is 0. The fourth-order valence-corrected chi connectivity index (χ4v) is 3.29. The van der Waals surface area contributed by atoms with Gasteiger partial charge >= 0.3 is 0 Å². The van der Waals surface area contributed by atoms with E-state index in [4.69, 9.17) is 4.42 Å². The number of anilines is 1. The number of rotatable bonds is 4. The van der Waals surface area contributed by atoms with Gasteiger partial charge in [0.2, 0.25) is 0 Å². The van der Waals surface area contributed by atoms with Crippen molar-refractivity contribution in [1.29, 1.82) is 0 Å². The molecule has 4 heteroatoms. The highest BCUT2D eigenvalue weighted by Crippen LogP contribution is 2.26. The molecule has 2 aromatic rings. The van der Waals surface area contributed by atoms with E-state index in [9.17, 15) is 4.79 Å². The van der Waals surface area contributed by atoms with Crippen LogP contribution in [0.3, 0.4) is 0 Å². The largest absolute Gasteiger partial charge is 0.466 e. The zero-order valence-corrected chi connectivity index (χ0v) is 14.1. The molecule has 0 unspecified atom stereocenters. The molecule has 2 heterocycles. The Balaban J connectivity index is 1.79. The van der Waals surface area contributed by atoms with Crippen LogP contribution in [0.15, 0.2) is 34.7 Å². The minimum Gasteiger partial charge on any atom is -0.466 e. The Morgan fingerprint density at radius 3 is 2.57 bits per heavy atom. The number of carbonyl (C=O) groups excluding carboxylic acids is 1. The van der Waals surface area contributed by atoms with Crippen molar-refractivity contribution in [1.82, 2.24) is 4.90 Å². The first-order valence-electron chi connectivity index (χ1n) is 8.21. The fourth-order valence-electron chi connectivity index (χ4n) is 3.29. The number of carbonyl (C=O) groups is 1. The van der Waals surface area contributed by atoms with E-state index in [-0.39, 0.29) is 5.91 Å². The number of para-hydroxylation sites is 1. The second-order valence-corrected chi connectivity index (χ2v) is 6.31. The number of amides is 1. The summed E-state index contributed by atoms with van der Waals surface area (Å²) in [7, 11) is 1.85. The summed E-state index contributed by atoms with van der Waals surface area (Å²) in [6.07, 6.45) is 2.49. The molecule has 1 saturated heterocycles. The molecule has 0 bridgehead atoms. The molecular weight excluding hydrogens is 288 g/mol. The smallest absolute Gasteiger partial charge is 0.257 e. The van der Waals surface area contributed by atoms with Crippen LogP contribution in [0.5, 0.6) is 0 Å². The lowest BCUT2D eigenvalue weighted by molar-refractivity contribution is 0.0783. The summed E-state index contributed by atoms with van der Waals surface area (Å²) in [5.74, 6) is 1.47. The minimum absolute atomic E-state index is 0.00979. The maximum atomic E-state index is 12.7. The number of aryl methyl sites for hydroxylation is 2. The molecule has 0 aliphatic carbocycles. The van der Waals surface area contributed by atoms with E-state index in [2.05, 4.69) is 23.1 Å². The van der Waals surface area contributed by atoms with Crippen LogP contribution in [0.4, 0.5) is 5.69 Å². The normalized spacial score (nSPS) is 14.3. The molecule has 1 aliphatic rings. The molecule has 0 radical (unpaired) electrons. The Morgan fingerprint density at radius 1 is 1.22 bits per heavy atom. The molecule has 1 aromatic carbocycles. The predicted octanol–water partition coefficient (Wildman–Crippen LogP) is 3.77. The van der Waals surface area contributed by atoms with Gasteiger partial charge in [-0.15, -0.1) is 0 Å².